The summed E-state index contributed by atoms with van der Waals surface area (Å²) in [6.45, 7) is 0.960. The Morgan fingerprint density at radius 2 is 1.72 bits per heavy atom. The lowest BCUT2D eigenvalue weighted by Crippen LogP contribution is -2.34. The summed E-state index contributed by atoms with van der Waals surface area (Å²) in [4.78, 5) is 25.9. The minimum Gasteiger partial charge on any atom is -0.481 e. The largest absolute Gasteiger partial charge is 0.481 e. The van der Waals surface area contributed by atoms with E-state index in [0.717, 1.165) is 19.8 Å². The third-order valence-electron chi connectivity index (χ3n) is 6.46. The highest BCUT2D eigenvalue weighted by Crippen LogP contribution is 2.46. The number of hydrogen-bond acceptors (Lipinski definition) is 4. The van der Waals surface area contributed by atoms with Crippen LogP contribution in [0.25, 0.3) is 5.69 Å². The second kappa shape index (κ2) is 10.3. The number of benzene rings is 2. The number of halogens is 4. The lowest BCUT2D eigenvalue weighted by atomic mass is 9.85. The molecule has 1 aliphatic rings. The lowest BCUT2D eigenvalue weighted by molar-refractivity contribution is -0.178. The summed E-state index contributed by atoms with van der Waals surface area (Å²) in [5, 5.41) is 20.0. The topological polar surface area (TPSA) is 97.1 Å². The SMILES string of the molecule is C[C@H](C(C(=O)Nc1cc([C@@H](CC(=O)O)C2CC2)ccc1Cl)c1ccc(-n2nccn2)cc1)C(F)(F)F. The number of hydrogen-bond donors (Lipinski definition) is 2. The van der Waals surface area contributed by atoms with Crippen molar-refractivity contribution in [2.24, 2.45) is 11.8 Å². The van der Waals surface area contributed by atoms with Gasteiger partial charge in [-0.25, -0.2) is 0 Å². The normalized spacial score (nSPS) is 16.2. The van der Waals surface area contributed by atoms with E-state index >= 15 is 0 Å². The molecular weight excluding hydrogens is 497 g/mol. The van der Waals surface area contributed by atoms with Gasteiger partial charge in [-0.15, -0.1) is 0 Å². The smallest absolute Gasteiger partial charge is 0.392 e. The molecule has 190 valence electrons. The molecule has 1 unspecified atom stereocenters. The molecule has 0 bridgehead atoms. The Morgan fingerprint density at radius 3 is 2.28 bits per heavy atom. The number of carboxylic acids is 1. The molecule has 1 fully saturated rings. The Kier molecular flexibility index (Phi) is 7.35. The van der Waals surface area contributed by atoms with Gasteiger partial charge >= 0.3 is 12.1 Å². The molecule has 4 rings (SSSR count). The van der Waals surface area contributed by atoms with E-state index in [-0.39, 0.29) is 34.5 Å². The molecule has 1 saturated carbocycles. The number of nitrogens with one attached hydrogen (secondary N) is 1. The van der Waals surface area contributed by atoms with Gasteiger partial charge in [0.2, 0.25) is 5.91 Å². The molecule has 0 spiro atoms. The number of aromatic nitrogens is 3. The number of anilines is 1. The van der Waals surface area contributed by atoms with Crippen molar-refractivity contribution in [3.8, 4) is 5.69 Å². The average molecular weight is 521 g/mol. The molecule has 1 aliphatic carbocycles. The second-order valence-corrected chi connectivity index (χ2v) is 9.40. The van der Waals surface area contributed by atoms with Crippen molar-refractivity contribution in [2.45, 2.75) is 44.2 Å². The Labute approximate surface area is 210 Å². The van der Waals surface area contributed by atoms with Gasteiger partial charge in [0.1, 0.15) is 0 Å². The van der Waals surface area contributed by atoms with Crippen LogP contribution >= 0.6 is 11.6 Å². The molecule has 1 heterocycles. The standard InChI is InChI=1S/C25H24ClF3N4O3/c1-14(25(27,28)29)23(16-4-7-18(8-5-16)33-30-10-11-31-33)24(36)32-21-12-17(6-9-20(21)26)19(13-22(34)35)15-2-3-15/h4-12,14-15,19,23H,2-3,13H2,1H3,(H,32,36)(H,34,35)/t14-,19+,23?/m1/s1. The van der Waals surface area contributed by atoms with E-state index in [1.54, 1.807) is 24.3 Å². The highest BCUT2D eigenvalue weighted by Gasteiger charge is 2.45. The highest BCUT2D eigenvalue weighted by atomic mass is 35.5. The lowest BCUT2D eigenvalue weighted by Gasteiger charge is -2.26. The maximum Gasteiger partial charge on any atom is 0.392 e. The summed E-state index contributed by atoms with van der Waals surface area (Å²) in [6, 6.07) is 10.8. The Bertz CT molecular complexity index is 1230. The third-order valence-corrected chi connectivity index (χ3v) is 6.79. The van der Waals surface area contributed by atoms with Crippen LogP contribution in [0.2, 0.25) is 5.02 Å². The van der Waals surface area contributed by atoms with Crippen molar-refractivity contribution in [2.75, 3.05) is 5.32 Å². The van der Waals surface area contributed by atoms with Crippen LogP contribution in [0.15, 0.2) is 54.9 Å². The van der Waals surface area contributed by atoms with Gasteiger partial charge in [0.05, 0.1) is 47.0 Å². The van der Waals surface area contributed by atoms with Gasteiger partial charge in [-0.2, -0.15) is 28.2 Å². The first-order valence-corrected chi connectivity index (χ1v) is 11.8. The molecule has 11 heteroatoms. The van der Waals surface area contributed by atoms with Crippen LogP contribution in [0.4, 0.5) is 18.9 Å². The zero-order valence-corrected chi connectivity index (χ0v) is 20.0. The molecular formula is C25H24ClF3N4O3. The first-order valence-electron chi connectivity index (χ1n) is 11.4. The minimum absolute atomic E-state index is 0.0785. The number of carbonyl (C=O) groups excluding carboxylic acids is 1. The quantitative estimate of drug-likeness (QED) is 0.371. The molecule has 0 aliphatic heterocycles. The molecule has 2 aromatic carbocycles. The maximum atomic E-state index is 13.8. The first kappa shape index (κ1) is 25.7. The van der Waals surface area contributed by atoms with Crippen LogP contribution in [0.3, 0.4) is 0 Å². The number of amides is 1. The van der Waals surface area contributed by atoms with E-state index < -0.39 is 29.9 Å². The first-order chi connectivity index (χ1) is 17.0. The molecule has 36 heavy (non-hydrogen) atoms. The molecule has 1 aromatic heterocycles. The van der Waals surface area contributed by atoms with Gasteiger partial charge in [-0.05, 0) is 60.1 Å². The van der Waals surface area contributed by atoms with Gasteiger partial charge in [0.15, 0.2) is 0 Å². The van der Waals surface area contributed by atoms with Crippen LogP contribution in [0.5, 0.6) is 0 Å². The zero-order chi connectivity index (χ0) is 26.0. The van der Waals surface area contributed by atoms with E-state index in [9.17, 15) is 27.9 Å². The maximum absolute atomic E-state index is 13.8. The van der Waals surface area contributed by atoms with Crippen molar-refractivity contribution >= 4 is 29.2 Å². The van der Waals surface area contributed by atoms with Crippen molar-refractivity contribution < 1.29 is 27.9 Å². The van der Waals surface area contributed by atoms with Gasteiger partial charge in [-0.1, -0.05) is 36.7 Å². The second-order valence-electron chi connectivity index (χ2n) is 8.99. The van der Waals surface area contributed by atoms with E-state index in [4.69, 9.17) is 11.6 Å². The molecule has 3 aromatic rings. The number of aliphatic carboxylic acids is 1. The van der Waals surface area contributed by atoms with Crippen LogP contribution in [-0.4, -0.2) is 38.2 Å². The van der Waals surface area contributed by atoms with Gasteiger partial charge in [0, 0.05) is 0 Å². The Morgan fingerprint density at radius 1 is 1.11 bits per heavy atom. The fourth-order valence-corrected chi connectivity index (χ4v) is 4.51. The summed E-state index contributed by atoms with van der Waals surface area (Å²) in [5.41, 5.74) is 1.52. The predicted octanol–water partition coefficient (Wildman–Crippen LogP) is 5.81. The number of alkyl halides is 3. The van der Waals surface area contributed by atoms with Crippen molar-refractivity contribution in [3.63, 3.8) is 0 Å². The fourth-order valence-electron chi connectivity index (χ4n) is 4.34. The molecule has 7 nitrogen and oxygen atoms in total. The summed E-state index contributed by atoms with van der Waals surface area (Å²) in [6.07, 6.45) is 0.0320. The number of carboxylic acid groups (broad SMARTS) is 1. The van der Waals surface area contributed by atoms with Gasteiger partial charge in [-0.3, -0.25) is 9.59 Å². The summed E-state index contributed by atoms with van der Waals surface area (Å²) < 4.78 is 41.3. The van der Waals surface area contributed by atoms with E-state index in [1.807, 2.05) is 0 Å². The van der Waals surface area contributed by atoms with E-state index in [1.165, 1.54) is 35.4 Å². The fraction of sp³-hybridized carbons (Fsp3) is 0.360. The molecule has 0 saturated heterocycles. The predicted molar refractivity (Wildman–Crippen MR) is 127 cm³/mol. The molecule has 2 N–H and O–H groups in total. The van der Waals surface area contributed by atoms with E-state index in [0.29, 0.717) is 11.3 Å². The van der Waals surface area contributed by atoms with Crippen LogP contribution in [0.1, 0.15) is 49.1 Å². The van der Waals surface area contributed by atoms with Crippen LogP contribution in [-0.2, 0) is 9.59 Å². The molecule has 1 amide bonds. The number of rotatable bonds is 9. The van der Waals surface area contributed by atoms with Gasteiger partial charge in [0.25, 0.3) is 0 Å². The average Bonchev–Trinajstić information content (AvgIpc) is 3.51. The highest BCUT2D eigenvalue weighted by molar-refractivity contribution is 6.33. The Balaban J connectivity index is 1.63. The number of nitrogens with zero attached hydrogens (tertiary/aromatic N) is 3. The van der Waals surface area contributed by atoms with Gasteiger partial charge < -0.3 is 10.4 Å². The van der Waals surface area contributed by atoms with Crippen molar-refractivity contribution in [3.05, 3.63) is 71.0 Å². The number of carbonyl (C=O) groups is 2. The van der Waals surface area contributed by atoms with Crippen LogP contribution < -0.4 is 5.32 Å². The molecule has 3 atom stereocenters. The van der Waals surface area contributed by atoms with E-state index in [2.05, 4.69) is 15.5 Å². The van der Waals surface area contributed by atoms with Crippen LogP contribution in [0, 0.1) is 11.8 Å². The monoisotopic (exact) mass is 520 g/mol. The summed E-state index contributed by atoms with van der Waals surface area (Å²) in [5.74, 6) is -5.40. The Hall–Kier alpha value is -3.40. The van der Waals surface area contributed by atoms with Crippen molar-refractivity contribution in [1.82, 2.24) is 15.0 Å². The molecule has 0 radical (unpaired) electrons. The minimum atomic E-state index is -4.63. The van der Waals surface area contributed by atoms with Crippen molar-refractivity contribution in [1.29, 1.82) is 0 Å². The summed E-state index contributed by atoms with van der Waals surface area (Å²) in [7, 11) is 0. The zero-order valence-electron chi connectivity index (χ0n) is 19.2. The summed E-state index contributed by atoms with van der Waals surface area (Å²) >= 11 is 6.27. The third kappa shape index (κ3) is 5.87.